The van der Waals surface area contributed by atoms with Gasteiger partial charge in [0.2, 0.25) is 0 Å². The number of phenolic OH excluding ortho intramolecular Hbond substituents is 2. The van der Waals surface area contributed by atoms with Gasteiger partial charge < -0.3 is 54.2 Å². The van der Waals surface area contributed by atoms with E-state index in [9.17, 15) is 39.6 Å². The van der Waals surface area contributed by atoms with Crippen molar-refractivity contribution in [2.75, 3.05) is 51.9 Å². The molecule has 17 heteroatoms. The molecule has 1 fully saturated rings. The molecule has 2 aromatic carbocycles. The molecular weight excluding hydrogens is 819 g/mol. The Balaban J connectivity index is 1.66. The molecule has 17 nitrogen and oxygen atoms in total. The zero-order valence-electron chi connectivity index (χ0n) is 37.8. The molecule has 0 spiro atoms. The van der Waals surface area contributed by atoms with E-state index < -0.39 is 95.5 Å². The highest BCUT2D eigenvalue weighted by Gasteiger charge is 2.50. The molecule has 346 valence electrons. The maximum atomic E-state index is 14.6. The van der Waals surface area contributed by atoms with Gasteiger partial charge in [0.05, 0.1) is 54.4 Å². The van der Waals surface area contributed by atoms with E-state index >= 15 is 0 Å². The van der Waals surface area contributed by atoms with E-state index in [1.54, 1.807) is 44.9 Å². The lowest BCUT2D eigenvalue weighted by atomic mass is 9.78. The number of morpholine rings is 1. The van der Waals surface area contributed by atoms with E-state index in [2.05, 4.69) is 5.32 Å². The van der Waals surface area contributed by atoms with Crippen molar-refractivity contribution in [3.05, 3.63) is 53.3 Å². The maximum absolute atomic E-state index is 14.6. The van der Waals surface area contributed by atoms with Gasteiger partial charge in [0.1, 0.15) is 23.4 Å². The summed E-state index contributed by atoms with van der Waals surface area (Å²) in [5, 5.41) is 52.2. The number of hydrogen-bond acceptors (Lipinski definition) is 15. The van der Waals surface area contributed by atoms with Crippen molar-refractivity contribution >= 4 is 40.0 Å². The monoisotopic (exact) mass is 881 g/mol. The van der Waals surface area contributed by atoms with Crippen molar-refractivity contribution in [2.45, 2.75) is 98.9 Å². The van der Waals surface area contributed by atoms with Crippen LogP contribution >= 0.6 is 0 Å². The summed E-state index contributed by atoms with van der Waals surface area (Å²) in [5.74, 6) is -8.15. The summed E-state index contributed by atoms with van der Waals surface area (Å²) in [6, 6.07) is 1.28. The van der Waals surface area contributed by atoms with Gasteiger partial charge in [-0.2, -0.15) is 0 Å². The lowest BCUT2D eigenvalue weighted by molar-refractivity contribution is -0.161. The summed E-state index contributed by atoms with van der Waals surface area (Å²) >= 11 is 0. The fourth-order valence-electron chi connectivity index (χ4n) is 8.39. The topological polar surface area (TPSA) is 223 Å². The van der Waals surface area contributed by atoms with Gasteiger partial charge in [0.15, 0.2) is 12.4 Å². The molecule has 0 radical (unpaired) electrons. The van der Waals surface area contributed by atoms with E-state index in [0.29, 0.717) is 39.3 Å². The first-order valence-corrected chi connectivity index (χ1v) is 21.4. The van der Waals surface area contributed by atoms with Gasteiger partial charge in [-0.15, -0.1) is 0 Å². The Hall–Kier alpha value is -5.20. The third-order valence-corrected chi connectivity index (χ3v) is 12.2. The van der Waals surface area contributed by atoms with Gasteiger partial charge in [-0.25, -0.2) is 5.01 Å². The molecule has 5 N–H and O–H groups in total. The number of methoxy groups -OCH3 is 1. The number of nitrogens with one attached hydrogen (secondary N) is 1. The third kappa shape index (κ3) is 10.3. The summed E-state index contributed by atoms with van der Waals surface area (Å²) in [7, 11) is 1.44. The van der Waals surface area contributed by atoms with Crippen LogP contribution in [0.5, 0.6) is 23.0 Å². The molecule has 2 amide bonds. The molecule has 0 saturated carbocycles. The van der Waals surface area contributed by atoms with Crippen LogP contribution in [-0.4, -0.2) is 131 Å². The second kappa shape index (κ2) is 20.5. The average Bonchev–Trinajstić information content (AvgIpc) is 3.52. The van der Waals surface area contributed by atoms with Gasteiger partial charge in [-0.3, -0.25) is 24.2 Å². The Bertz CT molecular complexity index is 2130. The predicted molar refractivity (Wildman–Crippen MR) is 232 cm³/mol. The molecule has 4 heterocycles. The van der Waals surface area contributed by atoms with Crippen molar-refractivity contribution < 1.29 is 68.0 Å². The number of hydrogen-bond donors (Lipinski definition) is 5. The fraction of sp³-hybridized carbons (Fsp3) is 0.565. The first-order valence-electron chi connectivity index (χ1n) is 21.4. The molecule has 0 unspecified atom stereocenters. The Morgan fingerprint density at radius 2 is 1.67 bits per heavy atom. The van der Waals surface area contributed by atoms with E-state index in [1.165, 1.54) is 59.3 Å². The molecular formula is C46H63N3O14. The minimum absolute atomic E-state index is 0.0646. The van der Waals surface area contributed by atoms with E-state index in [4.69, 9.17) is 28.4 Å². The number of carbonyl (C=O) groups is 4. The molecule has 0 aromatic heterocycles. The summed E-state index contributed by atoms with van der Waals surface area (Å²) in [4.78, 5) is 54.5. The van der Waals surface area contributed by atoms with Crippen LogP contribution in [0.25, 0.3) is 10.8 Å². The van der Waals surface area contributed by atoms with Crippen LogP contribution in [0.2, 0.25) is 0 Å². The molecule has 5 bridgehead atoms. The normalized spacial score (nSPS) is 30.4. The first-order chi connectivity index (χ1) is 29.8. The minimum atomic E-state index is -2.04. The largest absolute Gasteiger partial charge is 0.507 e. The van der Waals surface area contributed by atoms with Gasteiger partial charge in [-0.1, -0.05) is 52.8 Å². The van der Waals surface area contributed by atoms with Gasteiger partial charge in [0, 0.05) is 86.9 Å². The lowest BCUT2D eigenvalue weighted by Crippen LogP contribution is -2.53. The zero-order chi connectivity index (χ0) is 46.5. The fourth-order valence-corrected chi connectivity index (χ4v) is 8.39. The smallest absolute Gasteiger partial charge is 0.312 e. The number of ketones is 1. The Labute approximate surface area is 368 Å². The molecule has 4 aliphatic rings. The van der Waals surface area contributed by atoms with Gasteiger partial charge >= 0.3 is 11.8 Å². The first kappa shape index (κ1) is 48.8. The van der Waals surface area contributed by atoms with Crippen LogP contribution in [-0.2, 0) is 33.3 Å². The number of aromatic hydroxyl groups is 2. The molecule has 0 aliphatic carbocycles. The molecule has 6 rings (SSSR count). The second-order valence-electron chi connectivity index (χ2n) is 16.8. The number of allylic oxidation sites excluding steroid dienone is 2. The molecule has 2 aromatic rings. The number of benzene rings is 2. The molecule has 1 saturated heterocycles. The highest BCUT2D eigenvalue weighted by atomic mass is 16.7. The third-order valence-electron chi connectivity index (χ3n) is 12.2. The Morgan fingerprint density at radius 1 is 0.984 bits per heavy atom. The van der Waals surface area contributed by atoms with Crippen molar-refractivity contribution in [3.8, 4) is 23.0 Å². The quantitative estimate of drug-likeness (QED) is 0.176. The summed E-state index contributed by atoms with van der Waals surface area (Å²) in [6.07, 6.45) is 4.23. The number of aliphatic hydroxyl groups is 2. The molecule has 4 aliphatic heterocycles. The van der Waals surface area contributed by atoms with Crippen molar-refractivity contribution in [1.82, 2.24) is 10.0 Å². The van der Waals surface area contributed by atoms with Crippen LogP contribution in [0, 0.1) is 30.6 Å². The average molecular weight is 882 g/mol. The summed E-state index contributed by atoms with van der Waals surface area (Å²) in [6.45, 7) is 16.2. The van der Waals surface area contributed by atoms with Crippen LogP contribution < -0.4 is 14.8 Å². The number of aliphatic hydroxyl groups excluding tert-OH is 2. The van der Waals surface area contributed by atoms with Crippen LogP contribution in [0.4, 0.5) is 5.69 Å². The van der Waals surface area contributed by atoms with E-state index in [1.807, 2.05) is 11.9 Å². The SMILES string of the molecule is CCCN(C(=O)COc1cc2c(O)c3c(O)c(C)c4c(c13)C(=O)[C@@](C)(O/C=C/[C@H](OC)[C@@H](C)[C@@H](OC(C)=O)[C@H](C)[C@@H](O)[C@H](C)[C@H](O)[C@H](C)/C=C/C=C(/C)C(=O)N2)O4)N1CCOCC1. The van der Waals surface area contributed by atoms with Crippen LogP contribution in [0.1, 0.15) is 77.7 Å². The number of Topliss-reactive ketones (excluding diaryl/α,β-unsaturated/α-hetero) is 1. The number of hydrazine groups is 1. The summed E-state index contributed by atoms with van der Waals surface area (Å²) in [5.41, 5.74) is -0.0373. The van der Waals surface area contributed by atoms with E-state index in [-0.39, 0.29) is 44.7 Å². The molecule has 63 heavy (non-hydrogen) atoms. The van der Waals surface area contributed by atoms with Crippen LogP contribution in [0.3, 0.4) is 0 Å². The Kier molecular flexibility index (Phi) is 15.9. The number of esters is 1. The summed E-state index contributed by atoms with van der Waals surface area (Å²) < 4.78 is 35.5. The van der Waals surface area contributed by atoms with E-state index in [0.717, 1.165) is 0 Å². The molecule has 9 atom stereocenters. The number of fused-ring (bicyclic) bond motifs is 14. The standard InChI is InChI=1S/C46H63N3O14/c1-11-16-49(48-17-20-59-21-18-48)34(51)23-60-33-22-31-41(55)36-35(33)37-43(29(7)40(36)54)63-46(9,44(37)56)61-19-15-32(58-10)26(4)42(62-30(8)50)28(6)39(53)27(5)38(52)24(2)13-12-14-25(3)45(57)47-31/h12-15,19,22,24,26-28,32,38-39,42,52-55H,11,16-18,20-21,23H2,1-10H3,(H,47,57)/b13-12+,19-15+,25-14-/t24-,26-,27-,28-,32+,38-,39+,42-,46+/m1/s1. The second-order valence-corrected chi connectivity index (χ2v) is 16.8. The zero-order valence-corrected chi connectivity index (χ0v) is 37.8. The van der Waals surface area contributed by atoms with Gasteiger partial charge in [-0.05, 0) is 26.3 Å². The number of ether oxygens (including phenoxy) is 6. The Morgan fingerprint density at radius 3 is 2.30 bits per heavy atom. The number of rotatable bonds is 8. The van der Waals surface area contributed by atoms with Gasteiger partial charge in [0.25, 0.3) is 17.6 Å². The number of phenols is 2. The van der Waals surface area contributed by atoms with Crippen molar-refractivity contribution in [2.24, 2.45) is 23.7 Å². The highest BCUT2D eigenvalue weighted by Crippen LogP contribution is 2.54. The maximum Gasteiger partial charge on any atom is 0.312 e. The number of nitrogens with zero attached hydrogens (tertiary/aromatic N) is 2. The van der Waals surface area contributed by atoms with Crippen LogP contribution in [0.15, 0.2) is 42.2 Å². The van der Waals surface area contributed by atoms with Crippen molar-refractivity contribution in [3.63, 3.8) is 0 Å². The number of amides is 2. The lowest BCUT2D eigenvalue weighted by Gasteiger charge is -2.38. The number of carbonyl (C=O) groups excluding carboxylic acids is 4. The number of anilines is 1. The predicted octanol–water partition coefficient (Wildman–Crippen LogP) is 4.91. The minimum Gasteiger partial charge on any atom is -0.507 e. The van der Waals surface area contributed by atoms with Crippen molar-refractivity contribution in [1.29, 1.82) is 0 Å². The highest BCUT2D eigenvalue weighted by molar-refractivity contribution is 6.21.